The molecule has 0 aromatic heterocycles. The SMILES string of the molecule is OCC1CCCCCN1Cc1c(F)cccc1Cl. The Morgan fingerprint density at radius 2 is 2.17 bits per heavy atom. The lowest BCUT2D eigenvalue weighted by atomic mass is 10.1. The Bertz CT molecular complexity index is 379. The first-order valence-electron chi connectivity index (χ1n) is 6.50. The third kappa shape index (κ3) is 3.22. The number of rotatable bonds is 3. The molecule has 1 fully saturated rings. The minimum absolute atomic E-state index is 0.128. The Morgan fingerprint density at radius 1 is 1.33 bits per heavy atom. The normalized spacial score (nSPS) is 21.8. The number of nitrogens with zero attached hydrogens (tertiary/aromatic N) is 1. The number of likely N-dealkylation sites (tertiary alicyclic amines) is 1. The van der Waals surface area contributed by atoms with Crippen molar-refractivity contribution in [1.29, 1.82) is 0 Å². The second kappa shape index (κ2) is 6.50. The predicted molar refractivity (Wildman–Crippen MR) is 71.2 cm³/mol. The van der Waals surface area contributed by atoms with Crippen LogP contribution in [0.5, 0.6) is 0 Å². The average molecular weight is 272 g/mol. The maximum atomic E-state index is 13.8. The summed E-state index contributed by atoms with van der Waals surface area (Å²) in [6, 6.07) is 4.90. The first-order chi connectivity index (χ1) is 8.72. The monoisotopic (exact) mass is 271 g/mol. The number of hydrogen-bond acceptors (Lipinski definition) is 2. The minimum Gasteiger partial charge on any atom is -0.395 e. The Hall–Kier alpha value is -0.640. The molecular formula is C14H19ClFNO. The third-order valence-corrected chi connectivity index (χ3v) is 3.99. The lowest BCUT2D eigenvalue weighted by Gasteiger charge is -2.28. The summed E-state index contributed by atoms with van der Waals surface area (Å²) in [4.78, 5) is 2.15. The zero-order valence-corrected chi connectivity index (χ0v) is 11.2. The van der Waals surface area contributed by atoms with E-state index in [1.54, 1.807) is 12.1 Å². The van der Waals surface area contributed by atoms with Crippen LogP contribution in [0.15, 0.2) is 18.2 Å². The molecular weight excluding hydrogens is 253 g/mol. The first kappa shape index (κ1) is 13.8. The lowest BCUT2D eigenvalue weighted by molar-refractivity contribution is 0.117. The van der Waals surface area contributed by atoms with Crippen LogP contribution in [-0.2, 0) is 6.54 Å². The molecule has 1 aromatic carbocycles. The zero-order valence-electron chi connectivity index (χ0n) is 10.4. The van der Waals surface area contributed by atoms with Gasteiger partial charge in [0.25, 0.3) is 0 Å². The van der Waals surface area contributed by atoms with Crippen LogP contribution in [0.2, 0.25) is 5.02 Å². The van der Waals surface area contributed by atoms with Gasteiger partial charge in [-0.1, -0.05) is 30.5 Å². The molecule has 1 aliphatic rings. The summed E-state index contributed by atoms with van der Waals surface area (Å²) in [6.07, 6.45) is 4.38. The van der Waals surface area contributed by atoms with Crippen LogP contribution in [0, 0.1) is 5.82 Å². The lowest BCUT2D eigenvalue weighted by Crippen LogP contribution is -2.37. The third-order valence-electron chi connectivity index (χ3n) is 3.63. The Labute approximate surface area is 112 Å². The molecule has 0 saturated carbocycles. The molecule has 0 radical (unpaired) electrons. The average Bonchev–Trinajstić information content (AvgIpc) is 2.59. The maximum Gasteiger partial charge on any atom is 0.129 e. The molecule has 1 aliphatic heterocycles. The van der Waals surface area contributed by atoms with Crippen molar-refractivity contribution < 1.29 is 9.50 Å². The highest BCUT2D eigenvalue weighted by molar-refractivity contribution is 6.31. The van der Waals surface area contributed by atoms with Gasteiger partial charge in [-0.05, 0) is 31.5 Å². The van der Waals surface area contributed by atoms with Crippen molar-refractivity contribution in [2.45, 2.75) is 38.3 Å². The van der Waals surface area contributed by atoms with Crippen molar-refractivity contribution in [3.05, 3.63) is 34.6 Å². The van der Waals surface area contributed by atoms with E-state index >= 15 is 0 Å². The topological polar surface area (TPSA) is 23.5 Å². The number of aliphatic hydroxyl groups is 1. The molecule has 4 heteroatoms. The van der Waals surface area contributed by atoms with Crippen LogP contribution in [0.4, 0.5) is 4.39 Å². The highest BCUT2D eigenvalue weighted by atomic mass is 35.5. The molecule has 18 heavy (non-hydrogen) atoms. The van der Waals surface area contributed by atoms with Crippen LogP contribution in [0.3, 0.4) is 0 Å². The molecule has 0 amide bonds. The molecule has 1 heterocycles. The van der Waals surface area contributed by atoms with Gasteiger partial charge in [0.2, 0.25) is 0 Å². The van der Waals surface area contributed by atoms with Crippen molar-refractivity contribution in [2.24, 2.45) is 0 Å². The van der Waals surface area contributed by atoms with Crippen LogP contribution >= 0.6 is 11.6 Å². The van der Waals surface area contributed by atoms with Crippen molar-refractivity contribution >= 4 is 11.6 Å². The van der Waals surface area contributed by atoms with E-state index < -0.39 is 0 Å². The fourth-order valence-corrected chi connectivity index (χ4v) is 2.76. The van der Waals surface area contributed by atoms with Crippen molar-refractivity contribution in [3.8, 4) is 0 Å². The highest BCUT2D eigenvalue weighted by Gasteiger charge is 2.22. The van der Waals surface area contributed by atoms with Gasteiger partial charge in [0.1, 0.15) is 5.82 Å². The van der Waals surface area contributed by atoms with Crippen LogP contribution < -0.4 is 0 Å². The van der Waals surface area contributed by atoms with Gasteiger partial charge in [-0.15, -0.1) is 0 Å². The fraction of sp³-hybridized carbons (Fsp3) is 0.571. The highest BCUT2D eigenvalue weighted by Crippen LogP contribution is 2.24. The maximum absolute atomic E-state index is 13.8. The van der Waals surface area contributed by atoms with Crippen molar-refractivity contribution in [1.82, 2.24) is 4.90 Å². The molecule has 100 valence electrons. The molecule has 1 N–H and O–H groups in total. The Morgan fingerprint density at radius 3 is 2.89 bits per heavy atom. The first-order valence-corrected chi connectivity index (χ1v) is 6.88. The van der Waals surface area contributed by atoms with Gasteiger partial charge < -0.3 is 5.11 Å². The van der Waals surface area contributed by atoms with Crippen LogP contribution in [-0.4, -0.2) is 29.2 Å². The summed E-state index contributed by atoms with van der Waals surface area (Å²) >= 11 is 6.05. The minimum atomic E-state index is -0.261. The smallest absolute Gasteiger partial charge is 0.129 e. The number of benzene rings is 1. The van der Waals surface area contributed by atoms with Gasteiger partial charge in [0, 0.05) is 23.2 Å². The molecule has 1 unspecified atom stereocenters. The molecule has 1 aromatic rings. The molecule has 1 saturated heterocycles. The van der Waals surface area contributed by atoms with Crippen LogP contribution in [0.25, 0.3) is 0 Å². The molecule has 1 atom stereocenters. The second-order valence-electron chi connectivity index (χ2n) is 4.86. The quantitative estimate of drug-likeness (QED) is 0.912. The van der Waals surface area contributed by atoms with E-state index in [0.29, 0.717) is 17.1 Å². The van der Waals surface area contributed by atoms with E-state index in [2.05, 4.69) is 4.90 Å². The van der Waals surface area contributed by atoms with Gasteiger partial charge >= 0.3 is 0 Å². The number of halogens is 2. The van der Waals surface area contributed by atoms with Gasteiger partial charge in [-0.25, -0.2) is 4.39 Å². The number of aliphatic hydroxyl groups excluding tert-OH is 1. The van der Waals surface area contributed by atoms with Gasteiger partial charge in [0.15, 0.2) is 0 Å². The van der Waals surface area contributed by atoms with E-state index in [1.165, 1.54) is 12.5 Å². The van der Waals surface area contributed by atoms with E-state index in [0.717, 1.165) is 25.8 Å². The summed E-state index contributed by atoms with van der Waals surface area (Å²) in [6.45, 7) is 1.51. The fourth-order valence-electron chi connectivity index (χ4n) is 2.54. The number of hydrogen-bond donors (Lipinski definition) is 1. The van der Waals surface area contributed by atoms with E-state index in [-0.39, 0.29) is 18.5 Å². The van der Waals surface area contributed by atoms with E-state index in [1.807, 2.05) is 0 Å². The summed E-state index contributed by atoms with van der Waals surface area (Å²) < 4.78 is 13.8. The van der Waals surface area contributed by atoms with Gasteiger partial charge in [0.05, 0.1) is 6.61 Å². The van der Waals surface area contributed by atoms with Gasteiger partial charge in [-0.2, -0.15) is 0 Å². The Balaban J connectivity index is 2.15. The van der Waals surface area contributed by atoms with E-state index in [9.17, 15) is 9.50 Å². The van der Waals surface area contributed by atoms with E-state index in [4.69, 9.17) is 11.6 Å². The van der Waals surface area contributed by atoms with Crippen molar-refractivity contribution in [3.63, 3.8) is 0 Å². The van der Waals surface area contributed by atoms with Crippen molar-refractivity contribution in [2.75, 3.05) is 13.2 Å². The zero-order chi connectivity index (χ0) is 13.0. The summed E-state index contributed by atoms with van der Waals surface area (Å²) in [5, 5.41) is 9.90. The summed E-state index contributed by atoms with van der Waals surface area (Å²) in [7, 11) is 0. The van der Waals surface area contributed by atoms with Gasteiger partial charge in [-0.3, -0.25) is 4.90 Å². The molecule has 2 nitrogen and oxygen atoms in total. The van der Waals surface area contributed by atoms with Crippen LogP contribution in [0.1, 0.15) is 31.2 Å². The Kier molecular flexibility index (Phi) is 4.98. The molecule has 2 rings (SSSR count). The second-order valence-corrected chi connectivity index (χ2v) is 5.26. The summed E-state index contributed by atoms with van der Waals surface area (Å²) in [5.41, 5.74) is 0.541. The standard InChI is InChI=1S/C14H19ClFNO/c15-13-6-4-7-14(16)12(13)9-17-8-3-1-2-5-11(17)10-18/h4,6-7,11,18H,1-3,5,8-10H2. The molecule has 0 bridgehead atoms. The largest absolute Gasteiger partial charge is 0.395 e. The molecule has 0 aliphatic carbocycles. The molecule has 0 spiro atoms. The summed E-state index contributed by atoms with van der Waals surface area (Å²) in [5.74, 6) is -0.261. The predicted octanol–water partition coefficient (Wildman–Crippen LogP) is 3.22.